The standard InChI is InChI=1S/C13H18ClFN2O2.ClH/c1-19-12-7-9(6-10(14)13(12)18)11(8-15)17-4-2-16-3-5-17;/h6-7,11,16,18H,2-5,8H2,1H3;1H/t11-;/m1./s1. The molecule has 0 aromatic heterocycles. The average Bonchev–Trinajstić information content (AvgIpc) is 2.44. The molecule has 1 heterocycles. The van der Waals surface area contributed by atoms with Crippen molar-refractivity contribution in [1.82, 2.24) is 10.2 Å². The Balaban J connectivity index is 0.00000200. The fourth-order valence-corrected chi connectivity index (χ4v) is 2.55. The molecule has 1 aliphatic heterocycles. The van der Waals surface area contributed by atoms with Crippen molar-refractivity contribution in [1.29, 1.82) is 0 Å². The molecule has 0 unspecified atom stereocenters. The summed E-state index contributed by atoms with van der Waals surface area (Å²) >= 11 is 5.95. The van der Waals surface area contributed by atoms with Crippen LogP contribution in [0.5, 0.6) is 11.5 Å². The van der Waals surface area contributed by atoms with Crippen molar-refractivity contribution < 1.29 is 14.2 Å². The Morgan fingerprint density at radius 3 is 2.65 bits per heavy atom. The number of rotatable bonds is 4. The number of phenolic OH excluding ortho intramolecular Hbond substituents is 1. The van der Waals surface area contributed by atoms with Crippen LogP contribution in [-0.4, -0.2) is 50.0 Å². The van der Waals surface area contributed by atoms with E-state index in [1.54, 1.807) is 12.1 Å². The summed E-state index contributed by atoms with van der Waals surface area (Å²) in [5.41, 5.74) is 0.726. The first kappa shape index (κ1) is 17.3. The predicted molar refractivity (Wildman–Crippen MR) is 80.1 cm³/mol. The third-order valence-corrected chi connectivity index (χ3v) is 3.68. The summed E-state index contributed by atoms with van der Waals surface area (Å²) in [6.07, 6.45) is 0. The van der Waals surface area contributed by atoms with Crippen LogP contribution in [0.2, 0.25) is 5.02 Å². The number of alkyl halides is 1. The van der Waals surface area contributed by atoms with E-state index < -0.39 is 6.67 Å². The summed E-state index contributed by atoms with van der Waals surface area (Å²) < 4.78 is 18.4. The van der Waals surface area contributed by atoms with Gasteiger partial charge in [-0.25, -0.2) is 4.39 Å². The largest absolute Gasteiger partial charge is 0.503 e. The number of methoxy groups -OCH3 is 1. The summed E-state index contributed by atoms with van der Waals surface area (Å²) in [6.45, 7) is 2.77. The molecule has 1 atom stereocenters. The lowest BCUT2D eigenvalue weighted by Crippen LogP contribution is -2.45. The number of ether oxygens (including phenoxy) is 1. The summed E-state index contributed by atoms with van der Waals surface area (Å²) in [6, 6.07) is 2.90. The molecule has 0 saturated carbocycles. The van der Waals surface area contributed by atoms with Gasteiger partial charge in [0.25, 0.3) is 0 Å². The van der Waals surface area contributed by atoms with Gasteiger partial charge in [-0.3, -0.25) is 4.90 Å². The molecule has 1 aromatic rings. The van der Waals surface area contributed by atoms with Crippen molar-refractivity contribution >= 4 is 24.0 Å². The van der Waals surface area contributed by atoms with E-state index in [2.05, 4.69) is 10.2 Å². The Bertz CT molecular complexity index is 443. The second-order valence-electron chi connectivity index (χ2n) is 4.51. The Labute approximate surface area is 129 Å². The molecule has 2 rings (SSSR count). The van der Waals surface area contributed by atoms with E-state index >= 15 is 0 Å². The number of hydrogen-bond donors (Lipinski definition) is 2. The van der Waals surface area contributed by atoms with Gasteiger partial charge in [-0.05, 0) is 17.7 Å². The van der Waals surface area contributed by atoms with Crippen molar-refractivity contribution in [2.45, 2.75) is 6.04 Å². The van der Waals surface area contributed by atoms with Crippen molar-refractivity contribution in [2.75, 3.05) is 40.0 Å². The zero-order valence-electron chi connectivity index (χ0n) is 11.2. The number of nitrogens with zero attached hydrogens (tertiary/aromatic N) is 1. The molecular weight excluding hydrogens is 306 g/mol. The van der Waals surface area contributed by atoms with Crippen molar-refractivity contribution in [2.24, 2.45) is 0 Å². The normalized spacial score (nSPS) is 17.4. The summed E-state index contributed by atoms with van der Waals surface area (Å²) in [4.78, 5) is 2.07. The fourth-order valence-electron chi connectivity index (χ4n) is 2.33. The Kier molecular flexibility index (Phi) is 6.82. The minimum atomic E-state index is -0.496. The number of benzene rings is 1. The van der Waals surface area contributed by atoms with Crippen LogP contribution in [-0.2, 0) is 0 Å². The number of phenols is 1. The van der Waals surface area contributed by atoms with Crippen molar-refractivity contribution in [3.8, 4) is 11.5 Å². The van der Waals surface area contributed by atoms with Crippen LogP contribution in [0, 0.1) is 0 Å². The molecule has 2 N–H and O–H groups in total. The van der Waals surface area contributed by atoms with Gasteiger partial charge in [-0.2, -0.15) is 0 Å². The number of halogens is 3. The average molecular weight is 325 g/mol. The summed E-state index contributed by atoms with van der Waals surface area (Å²) in [5.74, 6) is 0.168. The molecule has 20 heavy (non-hydrogen) atoms. The molecule has 7 heteroatoms. The molecule has 0 aliphatic carbocycles. The second-order valence-corrected chi connectivity index (χ2v) is 4.92. The molecule has 114 valence electrons. The zero-order chi connectivity index (χ0) is 13.8. The third-order valence-electron chi connectivity index (χ3n) is 3.39. The van der Waals surface area contributed by atoms with Gasteiger partial charge < -0.3 is 15.2 Å². The molecule has 1 fully saturated rings. The van der Waals surface area contributed by atoms with Gasteiger partial charge in [-0.1, -0.05) is 11.6 Å². The van der Waals surface area contributed by atoms with Crippen LogP contribution in [0.1, 0.15) is 11.6 Å². The van der Waals surface area contributed by atoms with Crippen molar-refractivity contribution in [3.63, 3.8) is 0 Å². The highest BCUT2D eigenvalue weighted by molar-refractivity contribution is 6.32. The minimum absolute atomic E-state index is 0. The van der Waals surface area contributed by atoms with Crippen LogP contribution < -0.4 is 10.1 Å². The van der Waals surface area contributed by atoms with Crippen LogP contribution in [0.15, 0.2) is 12.1 Å². The van der Waals surface area contributed by atoms with Gasteiger partial charge in [0.2, 0.25) is 0 Å². The van der Waals surface area contributed by atoms with E-state index in [-0.39, 0.29) is 35.0 Å². The van der Waals surface area contributed by atoms with Gasteiger partial charge in [0.1, 0.15) is 6.67 Å². The molecule has 0 radical (unpaired) electrons. The molecule has 1 aromatic carbocycles. The van der Waals surface area contributed by atoms with Gasteiger partial charge in [0.15, 0.2) is 11.5 Å². The van der Waals surface area contributed by atoms with E-state index in [0.717, 1.165) is 31.7 Å². The summed E-state index contributed by atoms with van der Waals surface area (Å²) in [7, 11) is 1.45. The van der Waals surface area contributed by atoms with E-state index in [4.69, 9.17) is 16.3 Å². The van der Waals surface area contributed by atoms with Crippen LogP contribution >= 0.6 is 24.0 Å². The lowest BCUT2D eigenvalue weighted by Gasteiger charge is -2.33. The highest BCUT2D eigenvalue weighted by Gasteiger charge is 2.24. The molecule has 0 spiro atoms. The smallest absolute Gasteiger partial charge is 0.176 e. The predicted octanol–water partition coefficient (Wildman–Crippen LogP) is 2.39. The maximum absolute atomic E-state index is 13.4. The number of nitrogens with one attached hydrogen (secondary N) is 1. The topological polar surface area (TPSA) is 44.7 Å². The molecule has 4 nitrogen and oxygen atoms in total. The molecule has 1 saturated heterocycles. The Hall–Kier alpha value is -0.750. The lowest BCUT2D eigenvalue weighted by molar-refractivity contribution is 0.147. The molecule has 1 aliphatic rings. The van der Waals surface area contributed by atoms with E-state index in [1.807, 2.05) is 0 Å². The number of aromatic hydroxyl groups is 1. The number of piperazine rings is 1. The van der Waals surface area contributed by atoms with Crippen LogP contribution in [0.4, 0.5) is 4.39 Å². The number of hydrogen-bond acceptors (Lipinski definition) is 4. The minimum Gasteiger partial charge on any atom is -0.503 e. The lowest BCUT2D eigenvalue weighted by atomic mass is 10.0. The van der Waals surface area contributed by atoms with E-state index in [1.165, 1.54) is 7.11 Å². The third kappa shape index (κ3) is 3.67. The second kappa shape index (κ2) is 7.88. The van der Waals surface area contributed by atoms with E-state index in [0.29, 0.717) is 0 Å². The van der Waals surface area contributed by atoms with E-state index in [9.17, 15) is 9.50 Å². The highest BCUT2D eigenvalue weighted by atomic mass is 35.5. The first-order valence-corrected chi connectivity index (χ1v) is 6.62. The van der Waals surface area contributed by atoms with Gasteiger partial charge in [0.05, 0.1) is 18.2 Å². The fraction of sp³-hybridized carbons (Fsp3) is 0.538. The zero-order valence-corrected chi connectivity index (χ0v) is 12.8. The highest BCUT2D eigenvalue weighted by Crippen LogP contribution is 2.37. The Morgan fingerprint density at radius 1 is 1.45 bits per heavy atom. The maximum atomic E-state index is 13.4. The van der Waals surface area contributed by atoms with Crippen LogP contribution in [0.3, 0.4) is 0 Å². The summed E-state index contributed by atoms with van der Waals surface area (Å²) in [5, 5.41) is 13.1. The first-order chi connectivity index (χ1) is 9.17. The molecule has 0 bridgehead atoms. The van der Waals surface area contributed by atoms with Gasteiger partial charge >= 0.3 is 0 Å². The quantitative estimate of drug-likeness (QED) is 0.892. The van der Waals surface area contributed by atoms with Gasteiger partial charge in [-0.15, -0.1) is 12.4 Å². The molecule has 0 amide bonds. The first-order valence-electron chi connectivity index (χ1n) is 6.24. The monoisotopic (exact) mass is 324 g/mol. The SMILES string of the molecule is COc1cc([C@@H](CF)N2CCNCC2)cc(Cl)c1O.Cl. The maximum Gasteiger partial charge on any atom is 0.176 e. The van der Waals surface area contributed by atoms with Crippen LogP contribution in [0.25, 0.3) is 0 Å². The Morgan fingerprint density at radius 2 is 2.10 bits per heavy atom. The van der Waals surface area contributed by atoms with Gasteiger partial charge in [0, 0.05) is 26.2 Å². The van der Waals surface area contributed by atoms with Crippen molar-refractivity contribution in [3.05, 3.63) is 22.7 Å². The molecular formula is C13H19Cl2FN2O2.